The normalized spacial score (nSPS) is 19.3. The van der Waals surface area contributed by atoms with E-state index in [2.05, 4.69) is 45.4 Å². The molecule has 122 heavy (non-hydrogen) atoms. The van der Waals surface area contributed by atoms with Crippen molar-refractivity contribution in [1.29, 1.82) is 0 Å². The maximum Gasteiger partial charge on any atom is 0.533 e. The number of fused-ring (bicyclic) bond motifs is 6. The Hall–Kier alpha value is -9.47. The second-order valence-corrected chi connectivity index (χ2v) is 37.2. The summed E-state index contributed by atoms with van der Waals surface area (Å²) in [5, 5.41) is 33.1. The Morgan fingerprint density at radius 3 is 1.05 bits per heavy atom. The lowest BCUT2D eigenvalue weighted by atomic mass is 9.49. The molecule has 648 valence electrons. The van der Waals surface area contributed by atoms with Gasteiger partial charge in [-0.3, -0.25) is 19.2 Å². The molecule has 0 aromatic heterocycles. The predicted octanol–water partition coefficient (Wildman–Crippen LogP) is 13.5. The number of amides is 4. The van der Waals surface area contributed by atoms with E-state index in [1.54, 1.807) is 20.8 Å². The molecular formula is C90H111B4IN4O23. The number of hydrogen-bond donors (Lipinski definition) is 6. The monoisotopic (exact) mass is 1790 g/mol. The number of carbonyl (C=O) groups excluding carboxylic acids is 5. The van der Waals surface area contributed by atoms with E-state index < -0.39 is 111 Å². The van der Waals surface area contributed by atoms with Crippen molar-refractivity contribution in [2.75, 3.05) is 13.2 Å². The van der Waals surface area contributed by atoms with Crippen LogP contribution in [0.15, 0.2) is 170 Å². The van der Waals surface area contributed by atoms with Crippen molar-refractivity contribution >= 4 is 110 Å². The van der Waals surface area contributed by atoms with Crippen LogP contribution < -0.4 is 27.3 Å². The summed E-state index contributed by atoms with van der Waals surface area (Å²) in [6, 6.07) is 51.4. The number of halogens is 1. The van der Waals surface area contributed by atoms with Crippen LogP contribution in [0.2, 0.25) is 0 Å². The zero-order chi connectivity index (χ0) is 89.6. The van der Waals surface area contributed by atoms with Crippen LogP contribution in [0.5, 0.6) is 0 Å². The van der Waals surface area contributed by atoms with Gasteiger partial charge in [0.25, 0.3) is 11.8 Å². The number of nitrogens with two attached hydrogens (primary N) is 1. The molecule has 0 radical (unpaired) electrons. The lowest BCUT2D eigenvalue weighted by molar-refractivity contribution is -0.177. The minimum absolute atomic E-state index is 0.0511. The number of rotatable bonds is 19. The summed E-state index contributed by atoms with van der Waals surface area (Å²) in [5.41, 5.74) is 14.9. The number of benzene rings is 7. The number of hydroxylamine groups is 2. The summed E-state index contributed by atoms with van der Waals surface area (Å²) >= 11 is 2.17. The van der Waals surface area contributed by atoms with E-state index in [1.165, 1.54) is 0 Å². The molecular weight excluding hydrogens is 1680 g/mol. The average Bonchev–Trinajstić information content (AvgIpc) is 1.59. The van der Waals surface area contributed by atoms with Crippen molar-refractivity contribution in [3.05, 3.63) is 212 Å². The molecule has 7 aromatic rings. The highest BCUT2D eigenvalue weighted by Crippen LogP contribution is 2.48. The largest absolute Gasteiger partial charge is 0.533 e. The summed E-state index contributed by atoms with van der Waals surface area (Å²) in [6.07, 6.45) is -1.80. The van der Waals surface area contributed by atoms with Crippen LogP contribution in [0.1, 0.15) is 195 Å². The van der Waals surface area contributed by atoms with Crippen molar-refractivity contribution in [1.82, 2.24) is 15.7 Å². The molecule has 7 aromatic carbocycles. The molecule has 0 spiro atoms. The van der Waals surface area contributed by atoms with Gasteiger partial charge in [0.1, 0.15) is 36.9 Å². The van der Waals surface area contributed by atoms with Gasteiger partial charge in [0.15, 0.2) is 0 Å². The molecule has 3 atom stereocenters. The summed E-state index contributed by atoms with van der Waals surface area (Å²) in [7, 11) is -1.85. The second kappa shape index (κ2) is 37.9. The van der Waals surface area contributed by atoms with Gasteiger partial charge in [-0.2, -0.15) is 0 Å². The highest BCUT2D eigenvalue weighted by molar-refractivity contribution is 14.1. The Morgan fingerprint density at radius 1 is 0.434 bits per heavy atom. The van der Waals surface area contributed by atoms with Crippen molar-refractivity contribution in [3.8, 4) is 22.3 Å². The number of nitrogens with zero attached hydrogens (tertiary/aromatic N) is 1. The number of carboxylic acid groups (broad SMARTS) is 3. The van der Waals surface area contributed by atoms with Crippen LogP contribution in [-0.4, -0.2) is 178 Å². The third-order valence-corrected chi connectivity index (χ3v) is 24.5. The van der Waals surface area contributed by atoms with E-state index in [9.17, 15) is 43.5 Å². The molecule has 7 N–H and O–H groups in total. The average molecular weight is 1790 g/mol. The van der Waals surface area contributed by atoms with E-state index in [-0.39, 0.29) is 84.3 Å². The first-order chi connectivity index (χ1) is 56.9. The molecule has 32 heteroatoms. The quantitative estimate of drug-likeness (QED) is 0.0144. The van der Waals surface area contributed by atoms with Gasteiger partial charge >= 0.3 is 64.5 Å². The van der Waals surface area contributed by atoms with Crippen LogP contribution in [0.25, 0.3) is 22.3 Å². The summed E-state index contributed by atoms with van der Waals surface area (Å²) < 4.78 is 64.8. The van der Waals surface area contributed by atoms with Crippen molar-refractivity contribution in [3.63, 3.8) is 0 Å². The van der Waals surface area contributed by atoms with Gasteiger partial charge in [0, 0.05) is 41.1 Å². The number of carbonyl (C=O) groups is 8. The van der Waals surface area contributed by atoms with Crippen LogP contribution in [-0.2, 0) is 99.5 Å². The lowest BCUT2D eigenvalue weighted by Gasteiger charge is -2.32. The number of imide groups is 1. The fourth-order valence-corrected chi connectivity index (χ4v) is 14.4. The Bertz CT molecular complexity index is 4740. The highest BCUT2D eigenvalue weighted by atomic mass is 127. The van der Waals surface area contributed by atoms with Crippen molar-refractivity contribution in [2.45, 2.75) is 244 Å². The first-order valence-corrected chi connectivity index (χ1v) is 41.7. The number of aliphatic carboxylic acids is 3. The molecule has 4 amide bonds. The maximum absolute atomic E-state index is 12.6. The zero-order valence-corrected chi connectivity index (χ0v) is 74.9. The number of ether oxygens (including phenoxy) is 3. The fourth-order valence-electron chi connectivity index (χ4n) is 14.0. The van der Waals surface area contributed by atoms with E-state index in [0.29, 0.717) is 11.5 Å². The van der Waals surface area contributed by atoms with Gasteiger partial charge in [0.05, 0.1) is 44.8 Å². The Labute approximate surface area is 728 Å². The van der Waals surface area contributed by atoms with Gasteiger partial charge in [-0.05, 0) is 245 Å². The van der Waals surface area contributed by atoms with Gasteiger partial charge in [-0.1, -0.05) is 163 Å². The summed E-state index contributed by atoms with van der Waals surface area (Å²) in [5.74, 6) is -4.48. The predicted molar refractivity (Wildman–Crippen MR) is 470 cm³/mol. The molecule has 14 rings (SSSR count). The van der Waals surface area contributed by atoms with Gasteiger partial charge in [-0.25, -0.2) is 24.0 Å². The van der Waals surface area contributed by atoms with E-state index in [1.807, 2.05) is 269 Å². The molecule has 0 saturated carbocycles. The van der Waals surface area contributed by atoms with Gasteiger partial charge in [-0.15, -0.1) is 0 Å². The van der Waals surface area contributed by atoms with Crippen molar-refractivity contribution < 1.29 is 110 Å². The number of alkyl carbamates (subject to hydrolysis) is 2. The number of nitrogens with one attached hydrogen (secondary N) is 2. The van der Waals surface area contributed by atoms with Crippen LogP contribution in [0.4, 0.5) is 14.4 Å². The topological polar surface area (TPSA) is 361 Å². The lowest BCUT2D eigenvalue weighted by Crippen LogP contribution is -2.44. The van der Waals surface area contributed by atoms with E-state index in [4.69, 9.17) is 72.2 Å². The van der Waals surface area contributed by atoms with E-state index in [0.717, 1.165) is 75.7 Å². The molecule has 2 aliphatic carbocycles. The first kappa shape index (κ1) is 94.8. The first-order valence-electron chi connectivity index (χ1n) is 40.7. The smallest absolute Gasteiger partial charge is 0.480 e. The molecule has 5 heterocycles. The molecule has 7 aliphatic rings. The fraction of sp³-hybridized carbons (Fsp3) is 0.444. The van der Waals surface area contributed by atoms with E-state index >= 15 is 0 Å². The molecule has 27 nitrogen and oxygen atoms in total. The van der Waals surface area contributed by atoms with Crippen LogP contribution in [0.3, 0.4) is 0 Å². The van der Waals surface area contributed by atoms with Crippen LogP contribution >= 0.6 is 22.6 Å². The maximum atomic E-state index is 12.6. The Morgan fingerprint density at radius 2 is 0.730 bits per heavy atom. The highest BCUT2D eigenvalue weighted by Gasteiger charge is 2.64. The number of carboxylic acids is 3. The molecule has 0 bridgehead atoms. The molecule has 0 unspecified atom stereocenters. The molecule has 5 fully saturated rings. The van der Waals surface area contributed by atoms with Crippen molar-refractivity contribution in [2.24, 2.45) is 5.73 Å². The van der Waals surface area contributed by atoms with Gasteiger partial charge < -0.3 is 83.1 Å². The third-order valence-electron chi connectivity index (χ3n) is 23.8. The standard InChI is InChI=1S/C30H32BNO6.C19H15NO5.C15H22BNO4.C14H18INO4.C12H24B2O4/c1-29(2)30(3,4)38-31(37-29)20-15-13-19(14-16-20)17-26(27(33)34)32-28(35)36-18-25-23-11-7-5-9-21(23)22-10-6-8-12-24(22)25;21-17-9-10-18(22)20(17)25-19(23)24-11-16-14-7-3-1-5-12(14)13-6-2-4-8-15(13)16;1-14(2)15(3,4)21-16(20-14)11-7-5-10(6-8-11)9-12(17)13(18)19;1-14(2,3)20-13(19)16-11(12(17)18)8-9-4-6-10(15)7-5-9;1-9(2)10(3,4)16-13(15-9)14-17-11(5,6)12(7,8)18-14/h5-16,25-26H,17-18H2,1-4H3,(H,32,35)(H,33,34);1-8,16H,9-11H2;5-8,12H,9,17H2,1-4H3,(H,18,19);4-7,11H,8H2,1-3H3,(H,16,19)(H,17,18);1-8H3/t26-;;12-;11-;/m0.00./s1. The number of hydrogen-bond acceptors (Lipinski definition) is 21. The minimum atomic E-state index is -1.13. The molecule has 5 aliphatic heterocycles. The Balaban J connectivity index is 0.000000165. The zero-order valence-electron chi connectivity index (χ0n) is 72.7. The minimum Gasteiger partial charge on any atom is -0.480 e. The van der Waals surface area contributed by atoms with Crippen LogP contribution in [0, 0.1) is 3.57 Å². The molecule has 5 saturated heterocycles. The third kappa shape index (κ3) is 22.9. The Kier molecular flexibility index (Phi) is 29.5. The van der Waals surface area contributed by atoms with Gasteiger partial charge in [0.2, 0.25) is 0 Å². The summed E-state index contributed by atoms with van der Waals surface area (Å²) in [6.45, 7) is 37.6. The second-order valence-electron chi connectivity index (χ2n) is 36.0. The summed E-state index contributed by atoms with van der Waals surface area (Å²) in [4.78, 5) is 97.7. The SMILES string of the molecule is CC(C)(C)OC(=O)N[C@@H](Cc1ccc(I)cc1)C(=O)O.CC1(C)OB(B2OC(C)(C)C(C)(C)O2)OC1(C)C.CC1(C)OB(c2ccc(C[C@H](N)C(=O)O)cc2)OC1(C)C.CC1(C)OB(c2ccc(C[C@H](NC(=O)OCC3c4ccccc4-c4ccccc43)C(=O)O)cc2)OC1(C)C.O=C(OCC1c2ccccc2-c2ccccc21)ON1C(=O)CCC1=O.